The van der Waals surface area contributed by atoms with Crippen LogP contribution in [0.4, 0.5) is 5.13 Å². The van der Waals surface area contributed by atoms with E-state index >= 15 is 0 Å². The number of nitrogens with zero attached hydrogens (tertiary/aromatic N) is 3. The highest BCUT2D eigenvalue weighted by Gasteiger charge is 2.21. The number of phenols is 1. The summed E-state index contributed by atoms with van der Waals surface area (Å²) in [6.45, 7) is 5.56. The molecular formula is C16H18ClN3O2S. The number of Topliss-reactive ketones (excluding diaryl/α,β-unsaturated/α-hetero) is 1. The lowest BCUT2D eigenvalue weighted by molar-refractivity contribution is 0.101. The van der Waals surface area contributed by atoms with Crippen LogP contribution in [0, 0.1) is 0 Å². The Morgan fingerprint density at radius 2 is 2.09 bits per heavy atom. The van der Waals surface area contributed by atoms with E-state index in [4.69, 9.17) is 11.6 Å². The number of anilines is 1. The molecule has 1 aliphatic rings. The van der Waals surface area contributed by atoms with Crippen molar-refractivity contribution in [3.8, 4) is 5.75 Å². The molecule has 122 valence electrons. The Labute approximate surface area is 144 Å². The number of hydrogen-bond donors (Lipinski definition) is 1. The summed E-state index contributed by atoms with van der Waals surface area (Å²) >= 11 is 7.72. The zero-order valence-electron chi connectivity index (χ0n) is 12.8. The van der Waals surface area contributed by atoms with E-state index in [2.05, 4.69) is 14.8 Å². The van der Waals surface area contributed by atoms with Crippen LogP contribution in [0.2, 0.25) is 5.02 Å². The van der Waals surface area contributed by atoms with E-state index < -0.39 is 0 Å². The SMILES string of the molecule is CC(=O)c1cc(Cl)cc(CN2CCN(c3nccs3)CC2)c1O. The molecule has 0 unspecified atom stereocenters. The molecule has 1 aromatic heterocycles. The molecular weight excluding hydrogens is 334 g/mol. The summed E-state index contributed by atoms with van der Waals surface area (Å²) in [6, 6.07) is 3.25. The molecule has 0 saturated carbocycles. The molecule has 1 N–H and O–H groups in total. The lowest BCUT2D eigenvalue weighted by Gasteiger charge is -2.34. The third-order valence-corrected chi connectivity index (χ3v) is 5.04. The summed E-state index contributed by atoms with van der Waals surface area (Å²) < 4.78 is 0. The van der Waals surface area contributed by atoms with E-state index in [9.17, 15) is 9.90 Å². The van der Waals surface area contributed by atoms with Gasteiger partial charge in [-0.1, -0.05) is 11.6 Å². The van der Waals surface area contributed by atoms with Crippen molar-refractivity contribution >= 4 is 33.9 Å². The lowest BCUT2D eigenvalue weighted by atomic mass is 10.1. The summed E-state index contributed by atoms with van der Waals surface area (Å²) in [6.07, 6.45) is 1.82. The van der Waals surface area contributed by atoms with E-state index in [1.165, 1.54) is 13.0 Å². The Morgan fingerprint density at radius 3 is 2.70 bits per heavy atom. The summed E-state index contributed by atoms with van der Waals surface area (Å²) in [5, 5.41) is 13.8. The molecule has 3 rings (SSSR count). The Hall–Kier alpha value is -1.63. The van der Waals surface area contributed by atoms with Gasteiger partial charge in [0.25, 0.3) is 0 Å². The lowest BCUT2D eigenvalue weighted by Crippen LogP contribution is -2.45. The van der Waals surface area contributed by atoms with Gasteiger partial charge in [-0.25, -0.2) is 4.98 Å². The van der Waals surface area contributed by atoms with Crippen molar-refractivity contribution in [3.05, 3.63) is 39.9 Å². The van der Waals surface area contributed by atoms with E-state index in [1.54, 1.807) is 17.4 Å². The molecule has 1 aliphatic heterocycles. The van der Waals surface area contributed by atoms with Gasteiger partial charge in [-0.3, -0.25) is 9.69 Å². The average Bonchev–Trinajstić information content (AvgIpc) is 3.05. The zero-order chi connectivity index (χ0) is 16.4. The molecule has 1 saturated heterocycles. The number of piperazine rings is 1. The second kappa shape index (κ2) is 6.86. The van der Waals surface area contributed by atoms with Gasteiger partial charge in [0, 0.05) is 54.9 Å². The summed E-state index contributed by atoms with van der Waals surface area (Å²) in [7, 11) is 0. The smallest absolute Gasteiger partial charge is 0.185 e. The number of aromatic nitrogens is 1. The number of thiazole rings is 1. The highest BCUT2D eigenvalue weighted by Crippen LogP contribution is 2.29. The molecule has 7 heteroatoms. The van der Waals surface area contributed by atoms with Gasteiger partial charge in [0.1, 0.15) is 5.75 Å². The number of rotatable bonds is 4. The molecule has 0 amide bonds. The molecule has 2 heterocycles. The molecule has 23 heavy (non-hydrogen) atoms. The maximum absolute atomic E-state index is 11.6. The van der Waals surface area contributed by atoms with E-state index in [1.807, 2.05) is 11.6 Å². The van der Waals surface area contributed by atoms with E-state index in [-0.39, 0.29) is 17.1 Å². The molecule has 0 bridgehead atoms. The predicted molar refractivity (Wildman–Crippen MR) is 92.7 cm³/mol. The van der Waals surface area contributed by atoms with Gasteiger partial charge in [0.15, 0.2) is 10.9 Å². The number of halogens is 1. The monoisotopic (exact) mass is 351 g/mol. The van der Waals surface area contributed by atoms with Gasteiger partial charge in [-0.2, -0.15) is 0 Å². The van der Waals surface area contributed by atoms with Crippen LogP contribution in [0.1, 0.15) is 22.8 Å². The Bertz CT molecular complexity index is 698. The number of benzene rings is 1. The van der Waals surface area contributed by atoms with Crippen molar-refractivity contribution in [2.75, 3.05) is 31.1 Å². The van der Waals surface area contributed by atoms with E-state index in [0.717, 1.165) is 31.3 Å². The second-order valence-corrected chi connectivity index (χ2v) is 6.90. The molecule has 0 radical (unpaired) electrons. The fraction of sp³-hybridized carbons (Fsp3) is 0.375. The summed E-state index contributed by atoms with van der Waals surface area (Å²) in [5.41, 5.74) is 0.985. The van der Waals surface area contributed by atoms with Crippen LogP contribution < -0.4 is 4.90 Å². The van der Waals surface area contributed by atoms with Gasteiger partial charge in [0.2, 0.25) is 0 Å². The average molecular weight is 352 g/mol. The molecule has 0 atom stereocenters. The second-order valence-electron chi connectivity index (χ2n) is 5.60. The number of phenolic OH excluding ortho intramolecular Hbond substituents is 1. The Morgan fingerprint density at radius 1 is 1.35 bits per heavy atom. The molecule has 1 fully saturated rings. The first kappa shape index (κ1) is 16.2. The van der Waals surface area contributed by atoms with Crippen molar-refractivity contribution in [2.45, 2.75) is 13.5 Å². The Balaban J connectivity index is 1.68. The minimum absolute atomic E-state index is 0.0456. The third kappa shape index (κ3) is 3.65. The van der Waals surface area contributed by atoms with Crippen molar-refractivity contribution in [1.82, 2.24) is 9.88 Å². The highest BCUT2D eigenvalue weighted by molar-refractivity contribution is 7.13. The quantitative estimate of drug-likeness (QED) is 0.858. The first-order chi connectivity index (χ1) is 11.0. The maximum Gasteiger partial charge on any atom is 0.185 e. The third-order valence-electron chi connectivity index (χ3n) is 3.99. The standard InChI is InChI=1S/C16H18ClN3O2S/c1-11(21)14-9-13(17)8-12(15(14)22)10-19-3-5-20(6-4-19)16-18-2-7-23-16/h2,7-9,22H,3-6,10H2,1H3. The van der Waals surface area contributed by atoms with Gasteiger partial charge < -0.3 is 10.0 Å². The molecule has 2 aromatic rings. The summed E-state index contributed by atoms with van der Waals surface area (Å²) in [4.78, 5) is 20.4. The topological polar surface area (TPSA) is 56.7 Å². The number of hydrogen-bond acceptors (Lipinski definition) is 6. The molecule has 0 aliphatic carbocycles. The number of carbonyl (C=O) groups is 1. The Kier molecular flexibility index (Phi) is 4.84. The number of ketones is 1. The van der Waals surface area contributed by atoms with Crippen molar-refractivity contribution in [2.24, 2.45) is 0 Å². The normalized spacial score (nSPS) is 15.8. The molecule has 1 aromatic carbocycles. The number of carbonyl (C=O) groups excluding carboxylic acids is 1. The number of aromatic hydroxyl groups is 1. The van der Waals surface area contributed by atoms with Gasteiger partial charge in [-0.15, -0.1) is 11.3 Å². The van der Waals surface area contributed by atoms with Crippen molar-refractivity contribution in [3.63, 3.8) is 0 Å². The summed E-state index contributed by atoms with van der Waals surface area (Å²) in [5.74, 6) is -0.135. The first-order valence-corrected chi connectivity index (χ1v) is 8.69. The van der Waals surface area contributed by atoms with E-state index in [0.29, 0.717) is 17.1 Å². The van der Waals surface area contributed by atoms with Crippen LogP contribution in [0.25, 0.3) is 0 Å². The zero-order valence-corrected chi connectivity index (χ0v) is 14.4. The molecule has 5 nitrogen and oxygen atoms in total. The first-order valence-electron chi connectivity index (χ1n) is 7.43. The van der Waals surface area contributed by atoms with Crippen LogP contribution in [0.3, 0.4) is 0 Å². The van der Waals surface area contributed by atoms with Crippen LogP contribution in [-0.4, -0.2) is 47.0 Å². The molecule has 0 spiro atoms. The predicted octanol–water partition coefficient (Wildman–Crippen LogP) is 3.03. The minimum Gasteiger partial charge on any atom is -0.507 e. The minimum atomic E-state index is -0.181. The van der Waals surface area contributed by atoms with Crippen LogP contribution in [-0.2, 0) is 6.54 Å². The fourth-order valence-electron chi connectivity index (χ4n) is 2.75. The van der Waals surface area contributed by atoms with Crippen molar-refractivity contribution < 1.29 is 9.90 Å². The largest absolute Gasteiger partial charge is 0.507 e. The maximum atomic E-state index is 11.6. The van der Waals surface area contributed by atoms with Gasteiger partial charge in [0.05, 0.1) is 5.56 Å². The van der Waals surface area contributed by atoms with Crippen LogP contribution >= 0.6 is 22.9 Å². The highest BCUT2D eigenvalue weighted by atomic mass is 35.5. The van der Waals surface area contributed by atoms with Gasteiger partial charge >= 0.3 is 0 Å². The fourth-order valence-corrected chi connectivity index (χ4v) is 3.69. The van der Waals surface area contributed by atoms with Crippen LogP contribution in [0.15, 0.2) is 23.7 Å². The van der Waals surface area contributed by atoms with Gasteiger partial charge in [-0.05, 0) is 19.1 Å². The van der Waals surface area contributed by atoms with Crippen molar-refractivity contribution in [1.29, 1.82) is 0 Å². The van der Waals surface area contributed by atoms with Crippen LogP contribution in [0.5, 0.6) is 5.75 Å².